The summed E-state index contributed by atoms with van der Waals surface area (Å²) >= 11 is 0. The largest absolute Gasteiger partial charge is 0.618 e. The highest BCUT2D eigenvalue weighted by molar-refractivity contribution is 5.25. The van der Waals surface area contributed by atoms with Gasteiger partial charge in [0.25, 0.3) is 0 Å². The highest BCUT2D eigenvalue weighted by atomic mass is 16.5. The molecule has 0 amide bonds. The van der Waals surface area contributed by atoms with Crippen LogP contribution in [0.5, 0.6) is 0 Å². The van der Waals surface area contributed by atoms with Crippen molar-refractivity contribution in [3.63, 3.8) is 0 Å². The Balaban J connectivity index is 1.70. The second-order valence-electron chi connectivity index (χ2n) is 10.00. The maximum Gasteiger partial charge on any atom is 0.196 e. The van der Waals surface area contributed by atoms with Crippen molar-refractivity contribution < 1.29 is 4.73 Å². The number of pyridine rings is 1. The molecule has 4 rings (SSSR count). The van der Waals surface area contributed by atoms with E-state index in [0.29, 0.717) is 17.8 Å². The van der Waals surface area contributed by atoms with Gasteiger partial charge in [0.1, 0.15) is 0 Å². The van der Waals surface area contributed by atoms with Gasteiger partial charge in [0.2, 0.25) is 0 Å². The van der Waals surface area contributed by atoms with Crippen LogP contribution in [0.3, 0.4) is 0 Å². The van der Waals surface area contributed by atoms with Crippen molar-refractivity contribution in [3.8, 4) is 0 Å². The Morgan fingerprint density at radius 2 is 0.821 bits per heavy atom. The lowest BCUT2D eigenvalue weighted by molar-refractivity contribution is -0.626. The molecule has 0 aliphatic heterocycles. The Morgan fingerprint density at radius 1 is 0.500 bits per heavy atom. The zero-order valence-electron chi connectivity index (χ0n) is 18.0. The highest BCUT2D eigenvalue weighted by Gasteiger charge is 2.30. The third kappa shape index (κ3) is 4.92. The van der Waals surface area contributed by atoms with E-state index in [9.17, 15) is 5.21 Å². The first-order valence-corrected chi connectivity index (χ1v) is 12.6. The van der Waals surface area contributed by atoms with Crippen LogP contribution >= 0.6 is 0 Å². The fourth-order valence-corrected chi connectivity index (χ4v) is 6.22. The number of hydrogen-bond donors (Lipinski definition) is 0. The summed E-state index contributed by atoms with van der Waals surface area (Å²) in [5, 5.41) is 13.6. The summed E-state index contributed by atoms with van der Waals surface area (Å²) in [7, 11) is 0. The minimum absolute atomic E-state index is 0.496. The first-order valence-electron chi connectivity index (χ1n) is 12.6. The topological polar surface area (TPSA) is 26.9 Å². The summed E-state index contributed by atoms with van der Waals surface area (Å²) in [4.78, 5) is 0. The lowest BCUT2D eigenvalue weighted by Gasteiger charge is -2.23. The predicted octanol–water partition coefficient (Wildman–Crippen LogP) is 7.63. The number of aromatic nitrogens is 1. The van der Waals surface area contributed by atoms with Crippen molar-refractivity contribution in [1.82, 2.24) is 0 Å². The van der Waals surface area contributed by atoms with E-state index in [1.54, 1.807) is 0 Å². The molecule has 28 heavy (non-hydrogen) atoms. The molecule has 0 atom stereocenters. The monoisotopic (exact) mass is 383 g/mol. The Labute approximate surface area is 172 Å². The fraction of sp³-hybridized carbons (Fsp3) is 0.808. The van der Waals surface area contributed by atoms with Crippen LogP contribution in [0.15, 0.2) is 12.1 Å². The van der Waals surface area contributed by atoms with Crippen molar-refractivity contribution in [3.05, 3.63) is 34.3 Å². The van der Waals surface area contributed by atoms with E-state index in [4.69, 9.17) is 0 Å². The van der Waals surface area contributed by atoms with Gasteiger partial charge in [0.15, 0.2) is 11.4 Å². The lowest BCUT2D eigenvalue weighted by atomic mass is 9.86. The molecule has 0 spiro atoms. The molecular formula is C26H41NO. The van der Waals surface area contributed by atoms with E-state index >= 15 is 0 Å². The Morgan fingerprint density at radius 3 is 1.18 bits per heavy atom. The van der Waals surface area contributed by atoms with Gasteiger partial charge in [-0.1, -0.05) is 77.0 Å². The number of nitrogens with zero attached hydrogens (tertiary/aromatic N) is 1. The molecule has 1 aromatic rings. The molecule has 3 fully saturated rings. The SMILES string of the molecule is [O-][n+]1c(C2CCCCCC2)cc(C2CCCCCC2)cc1C1CCCCCC1. The number of rotatable bonds is 3. The van der Waals surface area contributed by atoms with Crippen molar-refractivity contribution >= 4 is 0 Å². The summed E-state index contributed by atoms with van der Waals surface area (Å²) in [5.74, 6) is 1.68. The van der Waals surface area contributed by atoms with Crippen LogP contribution < -0.4 is 4.73 Å². The molecule has 3 saturated carbocycles. The molecule has 3 aliphatic rings. The second-order valence-corrected chi connectivity index (χ2v) is 10.00. The summed E-state index contributed by atoms with van der Waals surface area (Å²) in [5.41, 5.74) is 3.80. The van der Waals surface area contributed by atoms with Crippen LogP contribution in [0.1, 0.15) is 150 Å². The van der Waals surface area contributed by atoms with Gasteiger partial charge in [-0.05, 0) is 50.0 Å². The first kappa shape index (κ1) is 20.2. The Bertz CT molecular complexity index is 560. The molecule has 1 aromatic heterocycles. The van der Waals surface area contributed by atoms with Gasteiger partial charge >= 0.3 is 0 Å². The van der Waals surface area contributed by atoms with Gasteiger partial charge in [-0.15, -0.1) is 0 Å². The van der Waals surface area contributed by atoms with E-state index < -0.39 is 0 Å². The average Bonchev–Trinajstić information content (AvgIpc) is 3.24. The molecular weight excluding hydrogens is 342 g/mol. The number of hydrogen-bond acceptors (Lipinski definition) is 1. The Kier molecular flexibility index (Phi) is 7.31. The maximum absolute atomic E-state index is 13.6. The smallest absolute Gasteiger partial charge is 0.196 e. The van der Waals surface area contributed by atoms with Gasteiger partial charge in [-0.25, -0.2) is 0 Å². The van der Waals surface area contributed by atoms with E-state index in [1.807, 2.05) is 0 Å². The highest BCUT2D eigenvalue weighted by Crippen LogP contribution is 2.38. The van der Waals surface area contributed by atoms with E-state index in [-0.39, 0.29) is 0 Å². The van der Waals surface area contributed by atoms with Crippen LogP contribution in [-0.4, -0.2) is 0 Å². The summed E-state index contributed by atoms with van der Waals surface area (Å²) in [6.45, 7) is 0. The molecule has 0 unspecified atom stereocenters. The van der Waals surface area contributed by atoms with Gasteiger partial charge in [-0.3, -0.25) is 0 Å². The normalized spacial score (nSPS) is 24.4. The third-order valence-electron chi connectivity index (χ3n) is 7.97. The molecule has 3 aliphatic carbocycles. The summed E-state index contributed by atoms with van der Waals surface area (Å²) in [6.07, 6.45) is 23.7. The standard InChI is InChI=1S/C26H41NO/c28-27-25(22-15-9-3-4-10-16-22)19-24(21-13-7-1-2-8-14-21)20-26(27)23-17-11-5-6-12-18-23/h19-23H,1-18H2. The van der Waals surface area contributed by atoms with E-state index in [2.05, 4.69) is 12.1 Å². The minimum atomic E-state index is 0.496. The molecule has 0 aromatic carbocycles. The molecule has 1 heterocycles. The van der Waals surface area contributed by atoms with E-state index in [1.165, 1.54) is 126 Å². The molecule has 0 saturated heterocycles. The van der Waals surface area contributed by atoms with Crippen LogP contribution in [0.2, 0.25) is 0 Å². The minimum Gasteiger partial charge on any atom is -0.618 e. The van der Waals surface area contributed by atoms with E-state index in [0.717, 1.165) is 11.4 Å². The Hall–Kier alpha value is -1.05. The first-order chi connectivity index (χ1) is 13.8. The molecule has 0 N–H and O–H groups in total. The molecule has 2 nitrogen and oxygen atoms in total. The zero-order chi connectivity index (χ0) is 19.2. The quantitative estimate of drug-likeness (QED) is 0.299. The van der Waals surface area contributed by atoms with Crippen molar-refractivity contribution in [2.45, 2.75) is 133 Å². The molecule has 0 radical (unpaired) electrons. The van der Waals surface area contributed by atoms with Crippen molar-refractivity contribution in [2.75, 3.05) is 0 Å². The van der Waals surface area contributed by atoms with Gasteiger partial charge in [0, 0.05) is 24.0 Å². The van der Waals surface area contributed by atoms with Crippen LogP contribution in [0.25, 0.3) is 0 Å². The lowest BCUT2D eigenvalue weighted by Crippen LogP contribution is -2.40. The maximum atomic E-state index is 13.6. The van der Waals surface area contributed by atoms with Gasteiger partial charge in [-0.2, -0.15) is 4.73 Å². The van der Waals surface area contributed by atoms with Crippen molar-refractivity contribution in [2.24, 2.45) is 0 Å². The molecule has 2 heteroatoms. The zero-order valence-corrected chi connectivity index (χ0v) is 18.0. The third-order valence-corrected chi connectivity index (χ3v) is 7.97. The predicted molar refractivity (Wildman–Crippen MR) is 117 cm³/mol. The average molecular weight is 384 g/mol. The van der Waals surface area contributed by atoms with Crippen LogP contribution in [0.4, 0.5) is 0 Å². The second kappa shape index (κ2) is 10.1. The van der Waals surface area contributed by atoms with Crippen LogP contribution in [0, 0.1) is 5.21 Å². The summed E-state index contributed by atoms with van der Waals surface area (Å²) in [6, 6.07) is 4.75. The molecule has 0 bridgehead atoms. The van der Waals surface area contributed by atoms with Gasteiger partial charge < -0.3 is 5.21 Å². The summed E-state index contributed by atoms with van der Waals surface area (Å²) < 4.78 is 1.44. The van der Waals surface area contributed by atoms with Gasteiger partial charge in [0.05, 0.1) is 0 Å². The van der Waals surface area contributed by atoms with Crippen molar-refractivity contribution in [1.29, 1.82) is 0 Å². The molecule has 156 valence electrons. The van der Waals surface area contributed by atoms with Crippen LogP contribution in [-0.2, 0) is 0 Å². The fourth-order valence-electron chi connectivity index (χ4n) is 6.22.